The molecule has 122 valence electrons. The number of hydrogen-bond acceptors (Lipinski definition) is 3. The van der Waals surface area contributed by atoms with E-state index in [0.29, 0.717) is 29.8 Å². The Bertz CT molecular complexity index is 528. The molecule has 22 heavy (non-hydrogen) atoms. The lowest BCUT2D eigenvalue weighted by atomic mass is 9.97. The van der Waals surface area contributed by atoms with Gasteiger partial charge in [-0.05, 0) is 31.4 Å². The molecule has 0 spiro atoms. The van der Waals surface area contributed by atoms with Gasteiger partial charge < -0.3 is 15.2 Å². The highest BCUT2D eigenvalue weighted by molar-refractivity contribution is 5.91. The molecule has 0 heterocycles. The zero-order chi connectivity index (χ0) is 16.2. The van der Waals surface area contributed by atoms with E-state index in [-0.39, 0.29) is 12.3 Å². The molecule has 1 aliphatic rings. The van der Waals surface area contributed by atoms with Crippen LogP contribution in [0.25, 0.3) is 0 Å². The molecule has 2 N–H and O–H groups in total. The van der Waals surface area contributed by atoms with Crippen molar-refractivity contribution in [3.63, 3.8) is 0 Å². The number of anilines is 1. The Morgan fingerprint density at radius 3 is 2.73 bits per heavy atom. The number of nitrogens with one attached hydrogen (secondary N) is 1. The topological polar surface area (TPSA) is 58.6 Å². The number of aryl methyl sites for hydroxylation is 1. The summed E-state index contributed by atoms with van der Waals surface area (Å²) in [5.74, 6) is 0.0331. The highest BCUT2D eigenvalue weighted by Crippen LogP contribution is 2.32. The predicted molar refractivity (Wildman–Crippen MR) is 79.3 cm³/mol. The number of carbonyl (C=O) groups excluding carboxylic acids is 1. The van der Waals surface area contributed by atoms with Gasteiger partial charge in [0.2, 0.25) is 5.91 Å². The largest absolute Gasteiger partial charge is 0.487 e. The molecule has 0 bridgehead atoms. The Labute approximate surface area is 128 Å². The molecule has 0 aliphatic heterocycles. The van der Waals surface area contributed by atoms with Crippen LogP contribution in [-0.2, 0) is 4.79 Å². The first kappa shape index (κ1) is 16.7. The van der Waals surface area contributed by atoms with E-state index in [4.69, 9.17) is 4.74 Å². The summed E-state index contributed by atoms with van der Waals surface area (Å²) in [6.07, 6.45) is 0.636. The van der Waals surface area contributed by atoms with Gasteiger partial charge in [0.1, 0.15) is 12.4 Å². The van der Waals surface area contributed by atoms with Gasteiger partial charge in [0.05, 0.1) is 12.0 Å². The van der Waals surface area contributed by atoms with E-state index in [1.807, 2.05) is 0 Å². The van der Waals surface area contributed by atoms with Crippen LogP contribution in [0, 0.1) is 6.92 Å². The molecule has 1 saturated carbocycles. The molecule has 0 radical (unpaired) electrons. The summed E-state index contributed by atoms with van der Waals surface area (Å²) in [4.78, 5) is 12.0. The van der Waals surface area contributed by atoms with E-state index in [2.05, 4.69) is 5.32 Å². The molecular formula is C16H21F2NO3. The smallest absolute Gasteiger partial charge is 0.272 e. The fourth-order valence-electron chi connectivity index (χ4n) is 2.70. The van der Waals surface area contributed by atoms with Crippen molar-refractivity contribution in [2.75, 3.05) is 11.9 Å². The minimum absolute atomic E-state index is 0.0497. The molecule has 0 aromatic heterocycles. The maximum Gasteiger partial charge on any atom is 0.272 e. The van der Waals surface area contributed by atoms with Crippen molar-refractivity contribution in [3.8, 4) is 5.75 Å². The van der Waals surface area contributed by atoms with Gasteiger partial charge in [-0.2, -0.15) is 0 Å². The van der Waals surface area contributed by atoms with Crippen LogP contribution in [0.15, 0.2) is 18.2 Å². The number of rotatable bonds is 6. The highest BCUT2D eigenvalue weighted by Gasteiger charge is 2.33. The van der Waals surface area contributed by atoms with E-state index in [1.165, 1.54) is 6.07 Å². The van der Waals surface area contributed by atoms with Crippen molar-refractivity contribution in [3.05, 3.63) is 23.8 Å². The molecular weight excluding hydrogens is 292 g/mol. The van der Waals surface area contributed by atoms with Gasteiger partial charge in [-0.1, -0.05) is 18.9 Å². The molecule has 1 aliphatic carbocycles. The molecule has 0 atom stereocenters. The second-order valence-corrected chi connectivity index (χ2v) is 5.84. The molecule has 4 nitrogen and oxygen atoms in total. The van der Waals surface area contributed by atoms with E-state index in [9.17, 15) is 18.7 Å². The van der Waals surface area contributed by atoms with Crippen LogP contribution in [0.2, 0.25) is 0 Å². The van der Waals surface area contributed by atoms with Crippen LogP contribution in [-0.4, -0.2) is 29.6 Å². The van der Waals surface area contributed by atoms with Gasteiger partial charge in [-0.3, -0.25) is 4.79 Å². The van der Waals surface area contributed by atoms with Gasteiger partial charge in [0, 0.05) is 11.8 Å². The van der Waals surface area contributed by atoms with E-state index >= 15 is 0 Å². The normalized spacial score (nSPS) is 16.8. The predicted octanol–water partition coefficient (Wildman–Crippen LogP) is 3.27. The molecule has 1 fully saturated rings. The molecule has 0 saturated heterocycles. The van der Waals surface area contributed by atoms with Crippen molar-refractivity contribution in [1.29, 1.82) is 0 Å². The summed E-state index contributed by atoms with van der Waals surface area (Å²) >= 11 is 0. The van der Waals surface area contributed by atoms with Crippen LogP contribution in [0.5, 0.6) is 5.75 Å². The van der Waals surface area contributed by atoms with E-state index in [0.717, 1.165) is 12.8 Å². The molecule has 0 unspecified atom stereocenters. The summed E-state index contributed by atoms with van der Waals surface area (Å²) in [7, 11) is 0. The summed E-state index contributed by atoms with van der Waals surface area (Å²) < 4.78 is 29.4. The standard InChI is InChI=1S/C16H21F2NO3/c1-11-4-5-12(8-13(11)22-10-14(17)18)19-15(20)9-16(21)6-2-3-7-16/h4-5,8,14,21H,2-3,6-7,9-10H2,1H3,(H,19,20). The van der Waals surface area contributed by atoms with Crippen molar-refractivity contribution < 1.29 is 23.4 Å². The average molecular weight is 313 g/mol. The average Bonchev–Trinajstić information content (AvgIpc) is 2.85. The van der Waals surface area contributed by atoms with Crippen LogP contribution in [0.4, 0.5) is 14.5 Å². The van der Waals surface area contributed by atoms with Gasteiger partial charge >= 0.3 is 0 Å². The number of aliphatic hydroxyl groups is 1. The number of alkyl halides is 2. The van der Waals surface area contributed by atoms with Gasteiger partial charge in [0.25, 0.3) is 6.43 Å². The second-order valence-electron chi connectivity index (χ2n) is 5.84. The fraction of sp³-hybridized carbons (Fsp3) is 0.562. The molecule has 6 heteroatoms. The highest BCUT2D eigenvalue weighted by atomic mass is 19.3. The third kappa shape index (κ3) is 4.66. The van der Waals surface area contributed by atoms with Crippen molar-refractivity contribution >= 4 is 11.6 Å². The summed E-state index contributed by atoms with van der Waals surface area (Å²) in [6.45, 7) is 1.06. The third-order valence-electron chi connectivity index (χ3n) is 3.86. The molecule has 1 amide bonds. The number of halogens is 2. The number of carbonyl (C=O) groups is 1. The number of amides is 1. The van der Waals surface area contributed by atoms with Gasteiger partial charge in [-0.25, -0.2) is 8.78 Å². The zero-order valence-electron chi connectivity index (χ0n) is 12.6. The maximum atomic E-state index is 12.2. The van der Waals surface area contributed by atoms with Crippen LogP contribution in [0.1, 0.15) is 37.7 Å². The first-order valence-electron chi connectivity index (χ1n) is 7.42. The van der Waals surface area contributed by atoms with Gasteiger partial charge in [-0.15, -0.1) is 0 Å². The van der Waals surface area contributed by atoms with Crippen molar-refractivity contribution in [2.24, 2.45) is 0 Å². The SMILES string of the molecule is Cc1ccc(NC(=O)CC2(O)CCCC2)cc1OCC(F)F. The summed E-state index contributed by atoms with van der Waals surface area (Å²) in [6, 6.07) is 4.90. The quantitative estimate of drug-likeness (QED) is 0.847. The zero-order valence-corrected chi connectivity index (χ0v) is 12.6. The number of benzene rings is 1. The van der Waals surface area contributed by atoms with Crippen molar-refractivity contribution in [2.45, 2.75) is 51.1 Å². The monoisotopic (exact) mass is 313 g/mol. The second kappa shape index (κ2) is 7.05. The number of ether oxygens (including phenoxy) is 1. The first-order chi connectivity index (χ1) is 10.4. The summed E-state index contributed by atoms with van der Waals surface area (Å²) in [5.41, 5.74) is 0.276. The van der Waals surface area contributed by atoms with Crippen LogP contribution in [0.3, 0.4) is 0 Å². The first-order valence-corrected chi connectivity index (χ1v) is 7.42. The lowest BCUT2D eigenvalue weighted by Gasteiger charge is -2.21. The molecule has 2 rings (SSSR count). The Morgan fingerprint density at radius 2 is 2.09 bits per heavy atom. The Balaban J connectivity index is 1.97. The van der Waals surface area contributed by atoms with Crippen molar-refractivity contribution in [1.82, 2.24) is 0 Å². The lowest BCUT2D eigenvalue weighted by Crippen LogP contribution is -2.30. The number of hydrogen-bond donors (Lipinski definition) is 2. The Morgan fingerprint density at radius 1 is 1.41 bits per heavy atom. The lowest BCUT2D eigenvalue weighted by molar-refractivity contribution is -0.120. The summed E-state index contributed by atoms with van der Waals surface area (Å²) in [5, 5.41) is 12.9. The molecule has 1 aromatic rings. The fourth-order valence-corrected chi connectivity index (χ4v) is 2.70. The van der Waals surface area contributed by atoms with Crippen LogP contribution < -0.4 is 10.1 Å². The van der Waals surface area contributed by atoms with Gasteiger partial charge in [0.15, 0.2) is 0 Å². The van der Waals surface area contributed by atoms with E-state index in [1.54, 1.807) is 19.1 Å². The Hall–Kier alpha value is -1.69. The molecule has 1 aromatic carbocycles. The maximum absolute atomic E-state index is 12.2. The minimum atomic E-state index is -2.55. The minimum Gasteiger partial charge on any atom is -0.487 e. The Kier molecular flexibility index (Phi) is 5.34. The van der Waals surface area contributed by atoms with E-state index < -0.39 is 18.6 Å². The van der Waals surface area contributed by atoms with Crippen LogP contribution >= 0.6 is 0 Å². The third-order valence-corrected chi connectivity index (χ3v) is 3.86.